The van der Waals surface area contributed by atoms with Gasteiger partial charge in [0.2, 0.25) is 5.88 Å². The predicted molar refractivity (Wildman–Crippen MR) is 71.7 cm³/mol. The third kappa shape index (κ3) is 3.35. The van der Waals surface area contributed by atoms with Crippen LogP contribution in [0.25, 0.3) is 0 Å². The summed E-state index contributed by atoms with van der Waals surface area (Å²) in [5.74, 6) is 2.21. The van der Waals surface area contributed by atoms with Crippen LogP contribution in [0.15, 0.2) is 23.2 Å². The highest BCUT2D eigenvalue weighted by Gasteiger charge is 2.33. The molecule has 0 amide bonds. The molecule has 0 aliphatic heterocycles. The summed E-state index contributed by atoms with van der Waals surface area (Å²) in [6.45, 7) is 2.87. The molecule has 2 rings (SSSR count). The lowest BCUT2D eigenvalue weighted by atomic mass is 10.3. The summed E-state index contributed by atoms with van der Waals surface area (Å²) in [6, 6.07) is 6.29. The number of pyridine rings is 1. The molecule has 1 aliphatic rings. The lowest BCUT2D eigenvalue weighted by Gasteiger charge is -2.11. The van der Waals surface area contributed by atoms with E-state index in [0.29, 0.717) is 18.5 Å². The Balaban J connectivity index is 1.85. The zero-order chi connectivity index (χ0) is 13.0. The number of aromatic nitrogens is 1. The van der Waals surface area contributed by atoms with Crippen LogP contribution in [0.4, 0.5) is 0 Å². The van der Waals surface area contributed by atoms with Crippen molar-refractivity contribution in [2.75, 3.05) is 14.2 Å². The predicted octanol–water partition coefficient (Wildman–Crippen LogP) is 1.16. The molecule has 0 bridgehead atoms. The molecule has 5 heteroatoms. The van der Waals surface area contributed by atoms with Crippen molar-refractivity contribution < 1.29 is 4.74 Å². The molecule has 2 N–H and O–H groups in total. The fraction of sp³-hybridized carbons (Fsp3) is 0.538. The van der Waals surface area contributed by atoms with Gasteiger partial charge in [-0.25, -0.2) is 4.98 Å². The van der Waals surface area contributed by atoms with Gasteiger partial charge in [-0.1, -0.05) is 13.0 Å². The number of rotatable bonds is 4. The molecule has 0 radical (unpaired) electrons. The van der Waals surface area contributed by atoms with Crippen LogP contribution in [0, 0.1) is 5.92 Å². The molecule has 2 unspecified atom stereocenters. The quantitative estimate of drug-likeness (QED) is 0.620. The van der Waals surface area contributed by atoms with Crippen LogP contribution in [0.3, 0.4) is 0 Å². The van der Waals surface area contributed by atoms with Gasteiger partial charge in [0.1, 0.15) is 0 Å². The summed E-state index contributed by atoms with van der Waals surface area (Å²) in [7, 11) is 3.40. The highest BCUT2D eigenvalue weighted by atomic mass is 16.5. The SMILES string of the molecule is CN=C(NCc1cccc(OC)n1)NC1CC1C. The molecule has 1 saturated carbocycles. The second-order valence-electron chi connectivity index (χ2n) is 4.56. The van der Waals surface area contributed by atoms with Gasteiger partial charge in [0, 0.05) is 19.2 Å². The van der Waals surface area contributed by atoms with Gasteiger partial charge in [0.25, 0.3) is 0 Å². The van der Waals surface area contributed by atoms with Gasteiger partial charge in [-0.2, -0.15) is 0 Å². The van der Waals surface area contributed by atoms with Crippen LogP contribution in [0.5, 0.6) is 5.88 Å². The third-order valence-corrected chi connectivity index (χ3v) is 3.08. The molecule has 2 atom stereocenters. The van der Waals surface area contributed by atoms with Crippen LogP contribution >= 0.6 is 0 Å². The Morgan fingerprint density at radius 1 is 1.56 bits per heavy atom. The van der Waals surface area contributed by atoms with E-state index in [9.17, 15) is 0 Å². The minimum Gasteiger partial charge on any atom is -0.481 e. The molecule has 98 valence electrons. The highest BCUT2D eigenvalue weighted by molar-refractivity contribution is 5.80. The lowest BCUT2D eigenvalue weighted by Crippen LogP contribution is -2.38. The molecular weight excluding hydrogens is 228 g/mol. The van der Waals surface area contributed by atoms with Gasteiger partial charge < -0.3 is 15.4 Å². The molecule has 1 heterocycles. The summed E-state index contributed by atoms with van der Waals surface area (Å²) in [4.78, 5) is 8.54. The van der Waals surface area contributed by atoms with E-state index >= 15 is 0 Å². The van der Waals surface area contributed by atoms with Crippen molar-refractivity contribution in [3.8, 4) is 5.88 Å². The van der Waals surface area contributed by atoms with E-state index in [2.05, 4.69) is 27.5 Å². The Bertz CT molecular complexity index is 433. The maximum absolute atomic E-state index is 5.09. The number of hydrogen-bond donors (Lipinski definition) is 2. The molecule has 1 aliphatic carbocycles. The summed E-state index contributed by atoms with van der Waals surface area (Å²) in [5.41, 5.74) is 0.932. The van der Waals surface area contributed by atoms with E-state index in [1.165, 1.54) is 6.42 Å². The van der Waals surface area contributed by atoms with Crippen molar-refractivity contribution in [2.24, 2.45) is 10.9 Å². The fourth-order valence-corrected chi connectivity index (χ4v) is 1.74. The average Bonchev–Trinajstić information content (AvgIpc) is 3.10. The highest BCUT2D eigenvalue weighted by Crippen LogP contribution is 2.28. The summed E-state index contributed by atoms with van der Waals surface area (Å²) in [5, 5.41) is 6.62. The minimum atomic E-state index is 0.564. The van der Waals surface area contributed by atoms with E-state index < -0.39 is 0 Å². The van der Waals surface area contributed by atoms with E-state index in [0.717, 1.165) is 17.6 Å². The molecule has 0 aromatic carbocycles. The van der Waals surface area contributed by atoms with Crippen LogP contribution in [-0.2, 0) is 6.54 Å². The smallest absolute Gasteiger partial charge is 0.213 e. The molecular formula is C13H20N4O. The number of guanidine groups is 1. The van der Waals surface area contributed by atoms with Crippen LogP contribution < -0.4 is 15.4 Å². The van der Waals surface area contributed by atoms with Gasteiger partial charge in [0.05, 0.1) is 19.3 Å². The second kappa shape index (κ2) is 5.71. The molecule has 1 fully saturated rings. The Labute approximate surface area is 108 Å². The number of hydrogen-bond acceptors (Lipinski definition) is 3. The Morgan fingerprint density at radius 2 is 2.33 bits per heavy atom. The van der Waals surface area contributed by atoms with E-state index in [1.54, 1.807) is 14.2 Å². The van der Waals surface area contributed by atoms with Gasteiger partial charge in [0.15, 0.2) is 5.96 Å². The molecule has 1 aromatic heterocycles. The van der Waals surface area contributed by atoms with Crippen molar-refractivity contribution in [1.82, 2.24) is 15.6 Å². The van der Waals surface area contributed by atoms with E-state index in [-0.39, 0.29) is 0 Å². The normalized spacial score (nSPS) is 22.5. The molecule has 0 saturated heterocycles. The molecule has 5 nitrogen and oxygen atoms in total. The number of ether oxygens (including phenoxy) is 1. The molecule has 0 spiro atoms. The largest absolute Gasteiger partial charge is 0.481 e. The number of nitrogens with one attached hydrogen (secondary N) is 2. The van der Waals surface area contributed by atoms with Crippen LogP contribution in [-0.4, -0.2) is 31.1 Å². The standard InChI is InChI=1S/C13H20N4O/c1-9-7-11(9)17-13(14-2)15-8-10-5-4-6-12(16-10)18-3/h4-6,9,11H,7-8H2,1-3H3,(H2,14,15,17). The van der Waals surface area contributed by atoms with Gasteiger partial charge in [-0.15, -0.1) is 0 Å². The maximum Gasteiger partial charge on any atom is 0.213 e. The third-order valence-electron chi connectivity index (χ3n) is 3.08. The maximum atomic E-state index is 5.09. The monoisotopic (exact) mass is 248 g/mol. The zero-order valence-electron chi connectivity index (χ0n) is 11.1. The Hall–Kier alpha value is -1.78. The van der Waals surface area contributed by atoms with Gasteiger partial charge in [-0.3, -0.25) is 4.99 Å². The zero-order valence-corrected chi connectivity index (χ0v) is 11.1. The number of methoxy groups -OCH3 is 1. The summed E-state index contributed by atoms with van der Waals surface area (Å²) >= 11 is 0. The van der Waals surface area contributed by atoms with E-state index in [4.69, 9.17) is 4.74 Å². The van der Waals surface area contributed by atoms with Crippen LogP contribution in [0.1, 0.15) is 19.0 Å². The Morgan fingerprint density at radius 3 is 2.94 bits per heavy atom. The first-order valence-electron chi connectivity index (χ1n) is 6.20. The van der Waals surface area contributed by atoms with Crippen molar-refractivity contribution >= 4 is 5.96 Å². The molecule has 18 heavy (non-hydrogen) atoms. The Kier molecular flexibility index (Phi) is 4.02. The fourth-order valence-electron chi connectivity index (χ4n) is 1.74. The first-order valence-corrected chi connectivity index (χ1v) is 6.20. The minimum absolute atomic E-state index is 0.564. The second-order valence-corrected chi connectivity index (χ2v) is 4.56. The first kappa shape index (κ1) is 12.7. The summed E-state index contributed by atoms with van der Waals surface area (Å²) in [6.07, 6.45) is 1.22. The van der Waals surface area contributed by atoms with Crippen molar-refractivity contribution in [2.45, 2.75) is 25.9 Å². The van der Waals surface area contributed by atoms with Crippen molar-refractivity contribution in [3.05, 3.63) is 23.9 Å². The molecule has 1 aromatic rings. The van der Waals surface area contributed by atoms with Gasteiger partial charge in [-0.05, 0) is 18.4 Å². The topological polar surface area (TPSA) is 58.5 Å². The number of nitrogens with zero attached hydrogens (tertiary/aromatic N) is 2. The van der Waals surface area contributed by atoms with Crippen molar-refractivity contribution in [1.29, 1.82) is 0 Å². The van der Waals surface area contributed by atoms with E-state index in [1.807, 2.05) is 18.2 Å². The summed E-state index contributed by atoms with van der Waals surface area (Å²) < 4.78 is 5.09. The van der Waals surface area contributed by atoms with Gasteiger partial charge >= 0.3 is 0 Å². The average molecular weight is 248 g/mol. The first-order chi connectivity index (χ1) is 8.72. The van der Waals surface area contributed by atoms with Crippen LogP contribution in [0.2, 0.25) is 0 Å². The van der Waals surface area contributed by atoms with Crippen molar-refractivity contribution in [3.63, 3.8) is 0 Å². The number of aliphatic imine (C=N–C) groups is 1. The lowest BCUT2D eigenvalue weighted by molar-refractivity contribution is 0.396.